The molecule has 0 saturated heterocycles. The van der Waals surface area contributed by atoms with E-state index in [-0.39, 0.29) is 11.3 Å². The highest BCUT2D eigenvalue weighted by Gasteiger charge is 2.18. The Kier molecular flexibility index (Phi) is 2.92. The lowest BCUT2D eigenvalue weighted by Crippen LogP contribution is -1.90. The van der Waals surface area contributed by atoms with Gasteiger partial charge in [0.25, 0.3) is 6.43 Å². The predicted octanol–water partition coefficient (Wildman–Crippen LogP) is 3.47. The molecule has 1 heterocycles. The number of nitrogens with zero attached hydrogens (tertiary/aromatic N) is 2. The average molecular weight is 240 g/mol. The molecule has 5 heteroatoms. The van der Waals surface area contributed by atoms with Gasteiger partial charge in [0.2, 0.25) is 0 Å². The third kappa shape index (κ3) is 2.18. The maximum atomic E-state index is 13.4. The fourth-order valence-electron chi connectivity index (χ4n) is 1.63. The molecule has 2 rings (SSSR count). The highest BCUT2D eigenvalue weighted by Crippen LogP contribution is 2.30. The van der Waals surface area contributed by atoms with Crippen molar-refractivity contribution in [1.29, 1.82) is 0 Å². The van der Waals surface area contributed by atoms with Gasteiger partial charge >= 0.3 is 0 Å². The second kappa shape index (κ2) is 4.24. The zero-order chi connectivity index (χ0) is 12.6. The molecule has 0 aliphatic carbocycles. The van der Waals surface area contributed by atoms with Crippen molar-refractivity contribution in [2.45, 2.75) is 13.3 Å². The van der Waals surface area contributed by atoms with E-state index >= 15 is 0 Å². The molecular formula is C12H11F3N2. The first kappa shape index (κ1) is 11.7. The summed E-state index contributed by atoms with van der Waals surface area (Å²) in [7, 11) is 1.56. The lowest BCUT2D eigenvalue weighted by molar-refractivity contribution is 0.152. The van der Waals surface area contributed by atoms with Crippen molar-refractivity contribution >= 4 is 0 Å². The lowest BCUT2D eigenvalue weighted by atomic mass is 10.1. The molecule has 0 radical (unpaired) electrons. The first-order valence-electron chi connectivity index (χ1n) is 5.07. The van der Waals surface area contributed by atoms with Gasteiger partial charge in [-0.3, -0.25) is 4.68 Å². The van der Waals surface area contributed by atoms with Crippen LogP contribution >= 0.6 is 0 Å². The number of aryl methyl sites for hydroxylation is 2. The number of benzene rings is 1. The molecule has 0 aliphatic heterocycles. The van der Waals surface area contributed by atoms with E-state index in [1.807, 2.05) is 0 Å². The summed E-state index contributed by atoms with van der Waals surface area (Å²) in [6.07, 6.45) is -1.37. The maximum Gasteiger partial charge on any atom is 0.267 e. The Morgan fingerprint density at radius 3 is 2.59 bits per heavy atom. The van der Waals surface area contributed by atoms with E-state index in [2.05, 4.69) is 5.10 Å². The van der Waals surface area contributed by atoms with E-state index in [9.17, 15) is 13.2 Å². The van der Waals surface area contributed by atoms with Gasteiger partial charge in [-0.25, -0.2) is 13.2 Å². The van der Waals surface area contributed by atoms with Crippen molar-refractivity contribution in [2.24, 2.45) is 7.05 Å². The highest BCUT2D eigenvalue weighted by molar-refractivity contribution is 5.63. The van der Waals surface area contributed by atoms with Crippen LogP contribution in [0, 0.1) is 12.7 Å². The highest BCUT2D eigenvalue weighted by atomic mass is 19.3. The minimum Gasteiger partial charge on any atom is -0.275 e. The summed E-state index contributed by atoms with van der Waals surface area (Å²) < 4.78 is 40.2. The van der Waals surface area contributed by atoms with Crippen molar-refractivity contribution in [2.75, 3.05) is 0 Å². The van der Waals surface area contributed by atoms with Crippen LogP contribution in [-0.4, -0.2) is 9.78 Å². The van der Waals surface area contributed by atoms with Crippen LogP contribution in [0.4, 0.5) is 13.2 Å². The number of hydrogen-bond acceptors (Lipinski definition) is 1. The van der Waals surface area contributed by atoms with Crippen molar-refractivity contribution in [1.82, 2.24) is 9.78 Å². The van der Waals surface area contributed by atoms with Crippen LogP contribution in [0.3, 0.4) is 0 Å². The normalized spacial score (nSPS) is 11.2. The van der Waals surface area contributed by atoms with Crippen molar-refractivity contribution in [3.8, 4) is 11.3 Å². The molecule has 17 heavy (non-hydrogen) atoms. The van der Waals surface area contributed by atoms with Crippen LogP contribution in [0.25, 0.3) is 11.3 Å². The van der Waals surface area contributed by atoms with Gasteiger partial charge in [0.15, 0.2) is 0 Å². The van der Waals surface area contributed by atoms with Crippen LogP contribution < -0.4 is 0 Å². The molecule has 90 valence electrons. The van der Waals surface area contributed by atoms with Gasteiger partial charge in [-0.15, -0.1) is 0 Å². The quantitative estimate of drug-likeness (QED) is 0.785. The van der Waals surface area contributed by atoms with E-state index in [0.717, 1.165) is 0 Å². The van der Waals surface area contributed by atoms with Gasteiger partial charge in [-0.05, 0) is 18.6 Å². The van der Waals surface area contributed by atoms with Crippen LogP contribution in [0.1, 0.15) is 17.6 Å². The summed E-state index contributed by atoms with van der Waals surface area (Å²) in [5.41, 5.74) is 0.782. The first-order chi connectivity index (χ1) is 7.99. The summed E-state index contributed by atoms with van der Waals surface area (Å²) in [5.74, 6) is -0.423. The molecule has 0 unspecified atom stereocenters. The molecule has 1 aromatic heterocycles. The zero-order valence-electron chi connectivity index (χ0n) is 9.42. The van der Waals surface area contributed by atoms with Gasteiger partial charge in [-0.1, -0.05) is 12.1 Å². The average Bonchev–Trinajstić information content (AvgIpc) is 2.64. The second-order valence-corrected chi connectivity index (χ2v) is 3.87. The number of alkyl halides is 2. The van der Waals surface area contributed by atoms with Crippen LogP contribution in [0.5, 0.6) is 0 Å². The number of aromatic nitrogens is 2. The van der Waals surface area contributed by atoms with Crippen molar-refractivity contribution < 1.29 is 13.2 Å². The molecule has 0 N–H and O–H groups in total. The molecule has 0 amide bonds. The monoisotopic (exact) mass is 240 g/mol. The van der Waals surface area contributed by atoms with Crippen molar-refractivity contribution in [3.05, 3.63) is 41.3 Å². The molecule has 2 nitrogen and oxygen atoms in total. The molecule has 0 bridgehead atoms. The van der Waals surface area contributed by atoms with E-state index in [4.69, 9.17) is 0 Å². The summed E-state index contributed by atoms with van der Waals surface area (Å²) in [6, 6.07) is 4.37. The number of hydrogen-bond donors (Lipinski definition) is 0. The van der Waals surface area contributed by atoms with Gasteiger partial charge in [0.05, 0.1) is 5.56 Å². The Morgan fingerprint density at radius 1 is 1.29 bits per heavy atom. The summed E-state index contributed by atoms with van der Waals surface area (Å²) in [6.45, 7) is 1.62. The van der Waals surface area contributed by atoms with Gasteiger partial charge < -0.3 is 0 Å². The van der Waals surface area contributed by atoms with Crippen LogP contribution in [-0.2, 0) is 7.05 Å². The second-order valence-electron chi connectivity index (χ2n) is 3.87. The standard InChI is InChI=1S/C12H11F3N2/c1-7-3-4-8(5-10(7)13)11-9(12(14)15)6-17(2)16-11/h3-6,12H,1-2H3. The SMILES string of the molecule is Cc1ccc(-c2nn(C)cc2C(F)F)cc1F. The van der Waals surface area contributed by atoms with Crippen LogP contribution in [0.2, 0.25) is 0 Å². The smallest absolute Gasteiger partial charge is 0.267 e. The van der Waals surface area contributed by atoms with Gasteiger partial charge in [0, 0.05) is 18.8 Å². The Balaban J connectivity index is 2.55. The molecule has 0 atom stereocenters. The molecule has 0 spiro atoms. The largest absolute Gasteiger partial charge is 0.275 e. The minimum atomic E-state index is -2.62. The summed E-state index contributed by atoms with van der Waals surface area (Å²) >= 11 is 0. The molecule has 0 aliphatic rings. The van der Waals surface area contributed by atoms with E-state index < -0.39 is 12.2 Å². The van der Waals surface area contributed by atoms with E-state index in [1.54, 1.807) is 26.1 Å². The third-order valence-corrected chi connectivity index (χ3v) is 2.54. The fourth-order valence-corrected chi connectivity index (χ4v) is 1.63. The first-order valence-corrected chi connectivity index (χ1v) is 5.07. The number of halogens is 3. The Morgan fingerprint density at radius 2 is 2.00 bits per heavy atom. The minimum absolute atomic E-state index is 0.126. The number of rotatable bonds is 2. The van der Waals surface area contributed by atoms with Gasteiger partial charge in [-0.2, -0.15) is 5.10 Å². The molecule has 0 fully saturated rings. The lowest BCUT2D eigenvalue weighted by Gasteiger charge is -2.03. The van der Waals surface area contributed by atoms with Crippen molar-refractivity contribution in [3.63, 3.8) is 0 Å². The fraction of sp³-hybridized carbons (Fsp3) is 0.250. The van der Waals surface area contributed by atoms with Gasteiger partial charge in [0.1, 0.15) is 11.5 Å². The van der Waals surface area contributed by atoms with Crippen LogP contribution in [0.15, 0.2) is 24.4 Å². The summed E-state index contributed by atoms with van der Waals surface area (Å²) in [4.78, 5) is 0. The molecular weight excluding hydrogens is 229 g/mol. The summed E-state index contributed by atoms with van der Waals surface area (Å²) in [5, 5.41) is 3.94. The zero-order valence-corrected chi connectivity index (χ0v) is 9.42. The molecule has 0 saturated carbocycles. The van der Waals surface area contributed by atoms with E-state index in [0.29, 0.717) is 11.1 Å². The topological polar surface area (TPSA) is 17.8 Å². The maximum absolute atomic E-state index is 13.4. The Hall–Kier alpha value is -1.78. The predicted molar refractivity (Wildman–Crippen MR) is 58.3 cm³/mol. The molecule has 1 aromatic carbocycles. The Bertz CT molecular complexity index is 547. The third-order valence-electron chi connectivity index (χ3n) is 2.54. The van der Waals surface area contributed by atoms with E-state index in [1.165, 1.54) is 16.9 Å². The molecule has 2 aromatic rings. The Labute approximate surface area is 96.7 Å².